The van der Waals surface area contributed by atoms with Gasteiger partial charge in [-0.15, -0.1) is 0 Å². The molecule has 25 heavy (non-hydrogen) atoms. The topological polar surface area (TPSA) is 78.4 Å². The van der Waals surface area contributed by atoms with E-state index >= 15 is 0 Å². The lowest BCUT2D eigenvalue weighted by atomic mass is 9.94. The van der Waals surface area contributed by atoms with Crippen LogP contribution < -0.4 is 5.32 Å². The molecule has 1 saturated heterocycles. The fraction of sp³-hybridized carbons (Fsp3) is 0.412. The Bertz CT molecular complexity index is 803. The zero-order chi connectivity index (χ0) is 17.9. The Morgan fingerprint density at radius 3 is 2.44 bits per heavy atom. The number of anilines is 2. The van der Waals surface area contributed by atoms with Gasteiger partial charge in [-0.05, 0) is 37.1 Å². The largest absolute Gasteiger partial charge is 0.325 e. The van der Waals surface area contributed by atoms with Gasteiger partial charge in [0.15, 0.2) is 0 Å². The van der Waals surface area contributed by atoms with Crippen LogP contribution in [0.2, 0.25) is 0 Å². The molecule has 1 aliphatic heterocycles. The molecule has 134 valence electrons. The van der Waals surface area contributed by atoms with Crippen molar-refractivity contribution in [1.82, 2.24) is 18.6 Å². The van der Waals surface area contributed by atoms with E-state index in [4.69, 9.17) is 0 Å². The predicted octanol–water partition coefficient (Wildman–Crippen LogP) is 2.21. The van der Waals surface area contributed by atoms with Crippen LogP contribution in [0.1, 0.15) is 24.5 Å². The fourth-order valence-corrected chi connectivity index (χ4v) is 4.06. The van der Waals surface area contributed by atoms with Gasteiger partial charge in [-0.2, -0.15) is 17.0 Å². The molecule has 0 amide bonds. The van der Waals surface area contributed by atoms with E-state index in [1.807, 2.05) is 36.4 Å². The highest BCUT2D eigenvalue weighted by atomic mass is 32.2. The third-order valence-corrected chi connectivity index (χ3v) is 6.29. The van der Waals surface area contributed by atoms with Crippen molar-refractivity contribution in [3.8, 4) is 0 Å². The first-order chi connectivity index (χ1) is 12.0. The van der Waals surface area contributed by atoms with E-state index in [-0.39, 0.29) is 5.92 Å². The van der Waals surface area contributed by atoms with E-state index in [1.54, 1.807) is 24.6 Å². The number of piperidine rings is 1. The smallest absolute Gasteiger partial charge is 0.281 e. The second-order valence-electron chi connectivity index (χ2n) is 6.25. The summed E-state index contributed by atoms with van der Waals surface area (Å²) < 4.78 is 27.2. The molecule has 0 atom stereocenters. The molecule has 3 rings (SSSR count). The molecule has 0 radical (unpaired) electrons. The average Bonchev–Trinajstić information content (AvgIpc) is 2.63. The highest BCUT2D eigenvalue weighted by Gasteiger charge is 2.30. The maximum atomic E-state index is 12.2. The van der Waals surface area contributed by atoms with Crippen LogP contribution in [0.4, 0.5) is 11.6 Å². The van der Waals surface area contributed by atoms with Crippen molar-refractivity contribution < 1.29 is 8.42 Å². The first-order valence-electron chi connectivity index (χ1n) is 8.29. The third kappa shape index (κ3) is 4.15. The molecular formula is C17H23N5O2S. The number of pyridine rings is 2. The molecule has 1 fully saturated rings. The van der Waals surface area contributed by atoms with Gasteiger partial charge >= 0.3 is 0 Å². The van der Waals surface area contributed by atoms with Gasteiger partial charge < -0.3 is 5.32 Å². The Labute approximate surface area is 148 Å². The molecule has 1 N–H and O–H groups in total. The van der Waals surface area contributed by atoms with Gasteiger partial charge in [0.1, 0.15) is 11.6 Å². The standard InChI is InChI=1S/C17H23N5O2S/c1-21(2)25(23,24)22-12-9-14(10-13-22)15-6-5-8-17(19-15)20-16-7-3-4-11-18-16/h3-8,11,14H,9-10,12-13H2,1-2H3,(H,18,19,20). The van der Waals surface area contributed by atoms with Crippen molar-refractivity contribution in [2.45, 2.75) is 18.8 Å². The highest BCUT2D eigenvalue weighted by Crippen LogP contribution is 2.29. The van der Waals surface area contributed by atoms with Gasteiger partial charge in [0.05, 0.1) is 0 Å². The van der Waals surface area contributed by atoms with Crippen LogP contribution in [0.5, 0.6) is 0 Å². The summed E-state index contributed by atoms with van der Waals surface area (Å²) in [5, 5.41) is 3.20. The van der Waals surface area contributed by atoms with E-state index < -0.39 is 10.2 Å². The SMILES string of the molecule is CN(C)S(=O)(=O)N1CCC(c2cccc(Nc3ccccn3)n2)CC1. The molecule has 2 aromatic rings. The molecule has 2 aromatic heterocycles. The van der Waals surface area contributed by atoms with Crippen molar-refractivity contribution in [2.75, 3.05) is 32.5 Å². The van der Waals surface area contributed by atoms with Crippen molar-refractivity contribution in [3.63, 3.8) is 0 Å². The Morgan fingerprint density at radius 2 is 1.80 bits per heavy atom. The van der Waals surface area contributed by atoms with E-state index in [0.717, 1.165) is 30.2 Å². The lowest BCUT2D eigenvalue weighted by molar-refractivity contribution is 0.300. The summed E-state index contributed by atoms with van der Waals surface area (Å²) in [4.78, 5) is 8.93. The van der Waals surface area contributed by atoms with E-state index in [1.165, 1.54) is 4.31 Å². The van der Waals surface area contributed by atoms with Gasteiger partial charge in [0.25, 0.3) is 10.2 Å². The molecular weight excluding hydrogens is 338 g/mol. The Balaban J connectivity index is 1.67. The van der Waals surface area contributed by atoms with Crippen molar-refractivity contribution in [3.05, 3.63) is 48.3 Å². The zero-order valence-corrected chi connectivity index (χ0v) is 15.3. The summed E-state index contributed by atoms with van der Waals surface area (Å²) in [6, 6.07) is 11.5. The number of nitrogens with zero attached hydrogens (tertiary/aromatic N) is 4. The summed E-state index contributed by atoms with van der Waals surface area (Å²) in [5.41, 5.74) is 0.989. The molecule has 0 aromatic carbocycles. The Kier molecular flexibility index (Phi) is 5.31. The van der Waals surface area contributed by atoms with Crippen LogP contribution >= 0.6 is 0 Å². The second kappa shape index (κ2) is 7.47. The van der Waals surface area contributed by atoms with Crippen molar-refractivity contribution in [1.29, 1.82) is 0 Å². The van der Waals surface area contributed by atoms with Crippen LogP contribution in [0.25, 0.3) is 0 Å². The normalized spacial score (nSPS) is 16.9. The van der Waals surface area contributed by atoms with E-state index in [2.05, 4.69) is 15.3 Å². The summed E-state index contributed by atoms with van der Waals surface area (Å²) in [6.45, 7) is 1.04. The second-order valence-corrected chi connectivity index (χ2v) is 8.39. The maximum absolute atomic E-state index is 12.2. The minimum absolute atomic E-state index is 0.263. The minimum Gasteiger partial charge on any atom is -0.325 e. The minimum atomic E-state index is -3.33. The summed E-state index contributed by atoms with van der Waals surface area (Å²) in [5.74, 6) is 1.76. The lowest BCUT2D eigenvalue weighted by Crippen LogP contribution is -2.44. The molecule has 0 saturated carbocycles. The van der Waals surface area contributed by atoms with Crippen molar-refractivity contribution >= 4 is 21.8 Å². The number of nitrogens with one attached hydrogen (secondary N) is 1. The number of hydrogen-bond acceptors (Lipinski definition) is 5. The molecule has 1 aliphatic rings. The predicted molar refractivity (Wildman–Crippen MR) is 97.9 cm³/mol. The third-order valence-electron chi connectivity index (χ3n) is 4.35. The quantitative estimate of drug-likeness (QED) is 0.883. The van der Waals surface area contributed by atoms with Crippen LogP contribution in [0.15, 0.2) is 42.6 Å². The lowest BCUT2D eigenvalue weighted by Gasteiger charge is -2.32. The van der Waals surface area contributed by atoms with Gasteiger partial charge in [-0.1, -0.05) is 12.1 Å². The molecule has 3 heterocycles. The highest BCUT2D eigenvalue weighted by molar-refractivity contribution is 7.86. The monoisotopic (exact) mass is 361 g/mol. The van der Waals surface area contributed by atoms with Gasteiger partial charge in [0, 0.05) is 45.0 Å². The molecule has 7 nitrogen and oxygen atoms in total. The first-order valence-corrected chi connectivity index (χ1v) is 9.69. The summed E-state index contributed by atoms with van der Waals surface area (Å²) in [7, 11) is -0.198. The van der Waals surface area contributed by atoms with Gasteiger partial charge in [0.2, 0.25) is 0 Å². The molecule has 0 bridgehead atoms. The zero-order valence-electron chi connectivity index (χ0n) is 14.5. The fourth-order valence-electron chi connectivity index (χ4n) is 2.93. The van der Waals surface area contributed by atoms with Gasteiger partial charge in [-0.25, -0.2) is 9.97 Å². The average molecular weight is 361 g/mol. The molecule has 8 heteroatoms. The summed E-state index contributed by atoms with van der Waals surface area (Å²) >= 11 is 0. The van der Waals surface area contributed by atoms with Crippen LogP contribution in [0, 0.1) is 0 Å². The van der Waals surface area contributed by atoms with Crippen LogP contribution in [-0.4, -0.2) is 54.2 Å². The van der Waals surface area contributed by atoms with E-state index in [0.29, 0.717) is 13.1 Å². The number of hydrogen-bond donors (Lipinski definition) is 1. The van der Waals surface area contributed by atoms with Crippen LogP contribution in [0.3, 0.4) is 0 Å². The maximum Gasteiger partial charge on any atom is 0.281 e. The molecule has 0 spiro atoms. The Hall–Kier alpha value is -2.03. The first kappa shape index (κ1) is 17.8. The van der Waals surface area contributed by atoms with Crippen molar-refractivity contribution in [2.24, 2.45) is 0 Å². The Morgan fingerprint density at radius 1 is 1.08 bits per heavy atom. The molecule has 0 unspecified atom stereocenters. The molecule has 0 aliphatic carbocycles. The van der Waals surface area contributed by atoms with E-state index in [9.17, 15) is 8.42 Å². The summed E-state index contributed by atoms with van der Waals surface area (Å²) in [6.07, 6.45) is 3.27. The number of rotatable bonds is 5. The van der Waals surface area contributed by atoms with Gasteiger partial charge in [-0.3, -0.25) is 0 Å². The van der Waals surface area contributed by atoms with Crippen LogP contribution in [-0.2, 0) is 10.2 Å². The number of aromatic nitrogens is 2.